The molecular weight excluding hydrogens is 248 g/mol. The number of carbonyl (C=O) groups is 2. The maximum absolute atomic E-state index is 11.9. The second-order valence-electron chi connectivity index (χ2n) is 4.50. The highest BCUT2D eigenvalue weighted by Crippen LogP contribution is 2.30. The second kappa shape index (κ2) is 8.91. The van der Waals surface area contributed by atoms with Crippen molar-refractivity contribution < 1.29 is 24.2 Å². The summed E-state index contributed by atoms with van der Waals surface area (Å²) in [5.74, 6) is -2.67. The molecule has 0 aliphatic carbocycles. The van der Waals surface area contributed by atoms with Crippen molar-refractivity contribution in [1.29, 1.82) is 0 Å². The molecular formula is C14H26O5. The van der Waals surface area contributed by atoms with E-state index in [4.69, 9.17) is 9.47 Å². The van der Waals surface area contributed by atoms with Crippen LogP contribution in [0.15, 0.2) is 0 Å². The van der Waals surface area contributed by atoms with Crippen LogP contribution >= 0.6 is 0 Å². The first kappa shape index (κ1) is 17.9. The lowest BCUT2D eigenvalue weighted by molar-refractivity contribution is -0.175. The van der Waals surface area contributed by atoms with Gasteiger partial charge in [-0.05, 0) is 26.7 Å². The van der Waals surface area contributed by atoms with E-state index in [1.54, 1.807) is 20.8 Å². The van der Waals surface area contributed by atoms with E-state index in [0.717, 1.165) is 12.8 Å². The van der Waals surface area contributed by atoms with E-state index >= 15 is 0 Å². The number of carbonyl (C=O) groups excluding carboxylic acids is 2. The summed E-state index contributed by atoms with van der Waals surface area (Å²) in [5, 5.41) is 10.6. The second-order valence-corrected chi connectivity index (χ2v) is 4.50. The molecule has 0 aromatic carbocycles. The lowest BCUT2D eigenvalue weighted by Gasteiger charge is -2.32. The maximum atomic E-state index is 11.9. The molecule has 0 radical (unpaired) electrons. The largest absolute Gasteiger partial charge is 0.465 e. The van der Waals surface area contributed by atoms with Crippen LogP contribution in [-0.4, -0.2) is 35.9 Å². The number of hydrogen-bond acceptors (Lipinski definition) is 5. The smallest absolute Gasteiger partial charge is 0.323 e. The fraction of sp³-hybridized carbons (Fsp3) is 0.857. The van der Waals surface area contributed by atoms with Gasteiger partial charge in [0, 0.05) is 0 Å². The molecule has 5 heteroatoms. The predicted octanol–water partition coefficient (Wildman–Crippen LogP) is 2.06. The Labute approximate surface area is 115 Å². The number of rotatable bonds is 9. The summed E-state index contributed by atoms with van der Waals surface area (Å²) in [6.07, 6.45) is 2.29. The highest BCUT2D eigenvalue weighted by molar-refractivity contribution is 5.96. The molecule has 0 bridgehead atoms. The summed E-state index contributed by atoms with van der Waals surface area (Å²) >= 11 is 0. The molecule has 1 N–H and O–H groups in total. The zero-order valence-corrected chi connectivity index (χ0v) is 12.4. The quantitative estimate of drug-likeness (QED) is 0.514. The van der Waals surface area contributed by atoms with Gasteiger partial charge in [0.25, 0.3) is 0 Å². The van der Waals surface area contributed by atoms with Crippen LogP contribution in [0.4, 0.5) is 0 Å². The van der Waals surface area contributed by atoms with Crippen LogP contribution in [0.2, 0.25) is 0 Å². The van der Waals surface area contributed by atoms with Gasteiger partial charge in [0.2, 0.25) is 0 Å². The third-order valence-electron chi connectivity index (χ3n) is 3.16. The van der Waals surface area contributed by atoms with Gasteiger partial charge in [-0.15, -0.1) is 0 Å². The van der Waals surface area contributed by atoms with Gasteiger partial charge in [0.1, 0.15) is 0 Å². The van der Waals surface area contributed by atoms with E-state index in [2.05, 4.69) is 0 Å². The molecule has 0 heterocycles. The topological polar surface area (TPSA) is 72.8 Å². The number of esters is 2. The summed E-state index contributed by atoms with van der Waals surface area (Å²) in [5.41, 5.74) is -1.39. The molecule has 0 amide bonds. The molecule has 0 aliphatic rings. The fourth-order valence-electron chi connectivity index (χ4n) is 1.99. The molecule has 112 valence electrons. The van der Waals surface area contributed by atoms with E-state index in [1.165, 1.54) is 0 Å². The molecule has 19 heavy (non-hydrogen) atoms. The van der Waals surface area contributed by atoms with Crippen LogP contribution < -0.4 is 0 Å². The number of unbranched alkanes of at least 4 members (excludes halogenated alkanes) is 1. The van der Waals surface area contributed by atoms with E-state index in [-0.39, 0.29) is 13.2 Å². The monoisotopic (exact) mass is 274 g/mol. The van der Waals surface area contributed by atoms with Gasteiger partial charge in [-0.2, -0.15) is 0 Å². The van der Waals surface area contributed by atoms with Gasteiger partial charge in [-0.3, -0.25) is 9.59 Å². The first-order valence-electron chi connectivity index (χ1n) is 7.02. The molecule has 0 aliphatic heterocycles. The van der Waals surface area contributed by atoms with Crippen LogP contribution in [0.3, 0.4) is 0 Å². The molecule has 1 unspecified atom stereocenters. The van der Waals surface area contributed by atoms with Gasteiger partial charge in [0.15, 0.2) is 5.92 Å². The highest BCUT2D eigenvalue weighted by atomic mass is 16.6. The molecule has 0 aromatic heterocycles. The standard InChI is InChI=1S/C14H26O5/c1-5-9-10-14(17,6-2)11(12(15)18-7-3)13(16)19-8-4/h11,17H,5-10H2,1-4H3. The normalized spacial score (nSPS) is 14.0. The Hall–Kier alpha value is -1.10. The SMILES string of the molecule is CCCCC(O)(CC)C(C(=O)OCC)C(=O)OCC. The third kappa shape index (κ3) is 5.19. The summed E-state index contributed by atoms with van der Waals surface area (Å²) in [6, 6.07) is 0. The Kier molecular flexibility index (Phi) is 8.39. The molecule has 1 atom stereocenters. The minimum atomic E-state index is -1.39. The molecule has 0 aromatic rings. The van der Waals surface area contributed by atoms with Crippen molar-refractivity contribution in [2.45, 2.75) is 59.0 Å². The summed E-state index contributed by atoms with van der Waals surface area (Å²) in [6.45, 7) is 7.40. The van der Waals surface area contributed by atoms with Gasteiger partial charge < -0.3 is 14.6 Å². The van der Waals surface area contributed by atoms with Crippen molar-refractivity contribution >= 4 is 11.9 Å². The summed E-state index contributed by atoms with van der Waals surface area (Å²) in [7, 11) is 0. The summed E-state index contributed by atoms with van der Waals surface area (Å²) in [4.78, 5) is 23.9. The molecule has 0 fully saturated rings. The molecule has 0 spiro atoms. The van der Waals surface area contributed by atoms with Crippen molar-refractivity contribution in [3.8, 4) is 0 Å². The van der Waals surface area contributed by atoms with Crippen molar-refractivity contribution in [3.63, 3.8) is 0 Å². The zero-order valence-electron chi connectivity index (χ0n) is 12.4. The van der Waals surface area contributed by atoms with Crippen molar-refractivity contribution in [3.05, 3.63) is 0 Å². The minimum absolute atomic E-state index is 0.169. The van der Waals surface area contributed by atoms with Gasteiger partial charge in [0.05, 0.1) is 18.8 Å². The van der Waals surface area contributed by atoms with Crippen molar-refractivity contribution in [2.24, 2.45) is 5.92 Å². The van der Waals surface area contributed by atoms with Crippen molar-refractivity contribution in [1.82, 2.24) is 0 Å². The van der Waals surface area contributed by atoms with Gasteiger partial charge >= 0.3 is 11.9 Å². The molecule has 0 rings (SSSR count). The first-order chi connectivity index (χ1) is 8.96. The van der Waals surface area contributed by atoms with Crippen LogP contribution in [0, 0.1) is 5.92 Å². The van der Waals surface area contributed by atoms with Crippen molar-refractivity contribution in [2.75, 3.05) is 13.2 Å². The van der Waals surface area contributed by atoms with E-state index in [0.29, 0.717) is 12.8 Å². The van der Waals surface area contributed by atoms with Crippen LogP contribution in [0.1, 0.15) is 53.4 Å². The number of ether oxygens (including phenoxy) is 2. The fourth-order valence-corrected chi connectivity index (χ4v) is 1.99. The zero-order chi connectivity index (χ0) is 14.9. The molecule has 5 nitrogen and oxygen atoms in total. The molecule has 0 saturated heterocycles. The highest BCUT2D eigenvalue weighted by Gasteiger charge is 2.46. The average molecular weight is 274 g/mol. The molecule has 0 saturated carbocycles. The Balaban J connectivity index is 5.16. The predicted molar refractivity (Wildman–Crippen MR) is 71.5 cm³/mol. The van der Waals surface area contributed by atoms with Crippen LogP contribution in [0.25, 0.3) is 0 Å². The average Bonchev–Trinajstić information content (AvgIpc) is 2.37. The van der Waals surface area contributed by atoms with E-state index in [1.807, 2.05) is 6.92 Å². The number of hydrogen-bond donors (Lipinski definition) is 1. The third-order valence-corrected chi connectivity index (χ3v) is 3.16. The Bertz CT molecular complexity index is 272. The number of aliphatic hydroxyl groups is 1. The summed E-state index contributed by atoms with van der Waals surface area (Å²) < 4.78 is 9.80. The van der Waals surface area contributed by atoms with Crippen LogP contribution in [-0.2, 0) is 19.1 Å². The van der Waals surface area contributed by atoms with E-state index < -0.39 is 23.5 Å². The Morgan fingerprint density at radius 2 is 1.53 bits per heavy atom. The minimum Gasteiger partial charge on any atom is -0.465 e. The van der Waals surface area contributed by atoms with E-state index in [9.17, 15) is 14.7 Å². The Morgan fingerprint density at radius 1 is 1.05 bits per heavy atom. The Morgan fingerprint density at radius 3 is 1.84 bits per heavy atom. The maximum Gasteiger partial charge on any atom is 0.323 e. The lowest BCUT2D eigenvalue weighted by Crippen LogP contribution is -2.48. The first-order valence-corrected chi connectivity index (χ1v) is 7.02. The van der Waals surface area contributed by atoms with Crippen LogP contribution in [0.5, 0.6) is 0 Å². The lowest BCUT2D eigenvalue weighted by atomic mass is 9.81. The van der Waals surface area contributed by atoms with Gasteiger partial charge in [-0.25, -0.2) is 0 Å². The van der Waals surface area contributed by atoms with Gasteiger partial charge in [-0.1, -0.05) is 26.7 Å².